The number of rotatable bonds is 7. The molecule has 16 heteroatoms. The van der Waals surface area contributed by atoms with Crippen LogP contribution in [0.25, 0.3) is 0 Å². The number of nitrogen functional groups attached to an aromatic ring is 1. The number of nitrogens with one attached hydrogen (secondary N) is 1. The third-order valence-electron chi connectivity index (χ3n) is 5.04. The van der Waals surface area contributed by atoms with E-state index in [1.807, 2.05) is 14.0 Å². The fraction of sp³-hybridized carbons (Fsp3) is 0.353. The molecule has 4 rings (SSSR count). The van der Waals surface area contributed by atoms with Crippen LogP contribution in [0.2, 0.25) is 0 Å². The van der Waals surface area contributed by atoms with Gasteiger partial charge >= 0.3 is 5.97 Å². The number of aliphatic carboxylic acids is 1. The molecule has 2 amide bonds. The second kappa shape index (κ2) is 9.03. The van der Waals surface area contributed by atoms with E-state index in [-0.39, 0.29) is 22.2 Å². The quantitative estimate of drug-likeness (QED) is 0.128. The summed E-state index contributed by atoms with van der Waals surface area (Å²) < 4.78 is 1.79. The molecule has 1 unspecified atom stereocenters. The Kier molecular flexibility index (Phi) is 6.31. The number of hydrogen-bond acceptors (Lipinski definition) is 12. The number of carbonyl (C=O) groups is 3. The number of anilines is 1. The van der Waals surface area contributed by atoms with Gasteiger partial charge in [-0.25, -0.2) is 9.78 Å². The summed E-state index contributed by atoms with van der Waals surface area (Å²) in [5.74, 6) is -1.20. The average Bonchev–Trinajstić information content (AvgIpc) is 3.35. The van der Waals surface area contributed by atoms with Crippen molar-refractivity contribution in [2.75, 3.05) is 17.2 Å². The predicted molar refractivity (Wildman–Crippen MR) is 121 cm³/mol. The van der Waals surface area contributed by atoms with Gasteiger partial charge in [0.05, 0.1) is 0 Å². The molecule has 4 heterocycles. The molecule has 2 atom stereocenters. The molecule has 5 N–H and O–H groups in total. The van der Waals surface area contributed by atoms with Crippen LogP contribution >= 0.6 is 34.9 Å². The number of carbonyl (C=O) groups excluding carboxylic acids is 2. The lowest BCUT2D eigenvalue weighted by atomic mass is 10.0. The van der Waals surface area contributed by atoms with E-state index >= 15 is 0 Å². The van der Waals surface area contributed by atoms with Crippen LogP contribution in [-0.2, 0) is 21.4 Å². The number of aryl methyl sites for hydroxylation is 1. The van der Waals surface area contributed by atoms with Gasteiger partial charge in [-0.2, -0.15) is 0 Å². The SMILES string of the molecule is Cc1nnc(SCC2=C(C(=O)O)N3C(=O)C(NC(=O)C(=NO)c4csc(N)n4)[C@H]3SC2)n1C. The molecule has 2 aromatic rings. The van der Waals surface area contributed by atoms with Crippen molar-refractivity contribution in [3.8, 4) is 0 Å². The summed E-state index contributed by atoms with van der Waals surface area (Å²) in [5.41, 5.74) is 5.71. The van der Waals surface area contributed by atoms with E-state index < -0.39 is 29.2 Å². The number of aromatic nitrogens is 4. The number of carboxylic acids is 1. The first-order valence-electron chi connectivity index (χ1n) is 9.36. The normalized spacial score (nSPS) is 20.5. The zero-order valence-electron chi connectivity index (χ0n) is 17.3. The molecule has 2 aromatic heterocycles. The van der Waals surface area contributed by atoms with Gasteiger partial charge in [0, 0.05) is 23.9 Å². The maximum Gasteiger partial charge on any atom is 0.352 e. The molecule has 0 aromatic carbocycles. The van der Waals surface area contributed by atoms with Crippen LogP contribution < -0.4 is 11.1 Å². The molecule has 13 nitrogen and oxygen atoms in total. The van der Waals surface area contributed by atoms with Crippen molar-refractivity contribution in [3.63, 3.8) is 0 Å². The van der Waals surface area contributed by atoms with E-state index in [0.717, 1.165) is 17.2 Å². The van der Waals surface area contributed by atoms with Crippen LogP contribution in [-0.4, -0.2) is 81.4 Å². The van der Waals surface area contributed by atoms with Gasteiger partial charge in [0.2, 0.25) is 0 Å². The zero-order valence-corrected chi connectivity index (χ0v) is 19.7. The van der Waals surface area contributed by atoms with E-state index in [1.54, 1.807) is 4.57 Å². The highest BCUT2D eigenvalue weighted by Gasteiger charge is 2.54. The Morgan fingerprint density at radius 2 is 2.18 bits per heavy atom. The summed E-state index contributed by atoms with van der Waals surface area (Å²) in [4.78, 5) is 42.4. The van der Waals surface area contributed by atoms with E-state index in [9.17, 15) is 24.7 Å². The lowest BCUT2D eigenvalue weighted by Gasteiger charge is -2.49. The van der Waals surface area contributed by atoms with Crippen molar-refractivity contribution in [3.05, 3.63) is 28.2 Å². The Balaban J connectivity index is 1.49. The summed E-state index contributed by atoms with van der Waals surface area (Å²) in [6.07, 6.45) is 0. The van der Waals surface area contributed by atoms with Gasteiger partial charge in [-0.1, -0.05) is 16.9 Å². The number of thioether (sulfide) groups is 2. The largest absolute Gasteiger partial charge is 0.477 e. The van der Waals surface area contributed by atoms with Gasteiger partial charge < -0.3 is 25.9 Å². The monoisotopic (exact) mass is 510 g/mol. The molecule has 0 aliphatic carbocycles. The highest BCUT2D eigenvalue weighted by molar-refractivity contribution is 8.01. The molecule has 0 spiro atoms. The number of fused-ring (bicyclic) bond motifs is 1. The number of β-lactam (4-membered cyclic amide) rings is 1. The van der Waals surface area contributed by atoms with Gasteiger partial charge in [-0.3, -0.25) is 14.5 Å². The molecule has 0 bridgehead atoms. The zero-order chi connectivity index (χ0) is 23.9. The first-order chi connectivity index (χ1) is 15.7. The number of hydrogen-bond donors (Lipinski definition) is 4. The van der Waals surface area contributed by atoms with Crippen molar-refractivity contribution < 1.29 is 24.7 Å². The number of thiazole rings is 1. The summed E-state index contributed by atoms with van der Waals surface area (Å²) >= 11 is 3.73. The summed E-state index contributed by atoms with van der Waals surface area (Å²) in [6.45, 7) is 1.81. The Morgan fingerprint density at radius 3 is 2.76 bits per heavy atom. The topological polar surface area (TPSA) is 189 Å². The lowest BCUT2D eigenvalue weighted by molar-refractivity contribution is -0.150. The molecule has 0 radical (unpaired) electrons. The maximum absolute atomic E-state index is 12.8. The molecular weight excluding hydrogens is 492 g/mol. The molecule has 2 aliphatic rings. The van der Waals surface area contributed by atoms with Gasteiger partial charge in [0.15, 0.2) is 16.0 Å². The highest BCUT2D eigenvalue weighted by atomic mass is 32.2. The fourth-order valence-corrected chi connectivity index (χ4v) is 6.27. The highest BCUT2D eigenvalue weighted by Crippen LogP contribution is 2.41. The fourth-order valence-electron chi connectivity index (χ4n) is 3.28. The molecule has 174 valence electrons. The average molecular weight is 511 g/mol. The Labute approximate surface area is 199 Å². The van der Waals surface area contributed by atoms with Gasteiger partial charge in [-0.05, 0) is 12.5 Å². The molecule has 0 saturated carbocycles. The number of carboxylic acid groups (broad SMARTS) is 1. The Hall–Kier alpha value is -3.11. The molecule has 1 fully saturated rings. The molecule has 2 aliphatic heterocycles. The van der Waals surface area contributed by atoms with Crippen molar-refractivity contribution in [2.45, 2.75) is 23.5 Å². The van der Waals surface area contributed by atoms with E-state index in [2.05, 4.69) is 25.7 Å². The minimum absolute atomic E-state index is 0.0712. The number of oxime groups is 1. The van der Waals surface area contributed by atoms with E-state index in [0.29, 0.717) is 22.2 Å². The molecule has 1 saturated heterocycles. The number of nitrogens with two attached hydrogens (primary N) is 1. The van der Waals surface area contributed by atoms with Crippen LogP contribution in [0.4, 0.5) is 5.13 Å². The minimum atomic E-state index is -1.22. The first-order valence-corrected chi connectivity index (χ1v) is 12.3. The van der Waals surface area contributed by atoms with Crippen LogP contribution in [0.5, 0.6) is 0 Å². The third kappa shape index (κ3) is 4.16. The predicted octanol–water partition coefficient (Wildman–Crippen LogP) is -0.129. The van der Waals surface area contributed by atoms with Crippen molar-refractivity contribution in [1.82, 2.24) is 30.0 Å². The van der Waals surface area contributed by atoms with Gasteiger partial charge in [-0.15, -0.1) is 33.3 Å². The Morgan fingerprint density at radius 1 is 1.42 bits per heavy atom. The van der Waals surface area contributed by atoms with Crippen molar-refractivity contribution in [2.24, 2.45) is 12.2 Å². The minimum Gasteiger partial charge on any atom is -0.477 e. The van der Waals surface area contributed by atoms with Crippen LogP contribution in [0.15, 0.2) is 27.0 Å². The second-order valence-corrected chi connectivity index (χ2v) is 9.95. The Bertz CT molecular complexity index is 1210. The van der Waals surface area contributed by atoms with Crippen LogP contribution in [0.3, 0.4) is 0 Å². The molecular formula is C17H18N8O5S3. The van der Waals surface area contributed by atoms with E-state index in [4.69, 9.17) is 5.73 Å². The number of amides is 2. The van der Waals surface area contributed by atoms with Gasteiger partial charge in [0.25, 0.3) is 11.8 Å². The van der Waals surface area contributed by atoms with Crippen LogP contribution in [0, 0.1) is 6.92 Å². The second-order valence-electron chi connectivity index (χ2n) is 7.02. The molecule has 33 heavy (non-hydrogen) atoms. The maximum atomic E-state index is 12.8. The van der Waals surface area contributed by atoms with Crippen molar-refractivity contribution >= 4 is 63.5 Å². The van der Waals surface area contributed by atoms with Gasteiger partial charge in [0.1, 0.15) is 28.6 Å². The van der Waals surface area contributed by atoms with E-state index in [1.165, 1.54) is 33.8 Å². The third-order valence-corrected chi connectivity index (χ3v) is 8.16. The lowest BCUT2D eigenvalue weighted by Crippen LogP contribution is -2.71. The smallest absolute Gasteiger partial charge is 0.352 e. The number of nitrogens with zero attached hydrogens (tertiary/aromatic N) is 6. The summed E-state index contributed by atoms with van der Waals surface area (Å²) in [5, 5.41) is 34.2. The van der Waals surface area contributed by atoms with Crippen LogP contribution in [0.1, 0.15) is 11.5 Å². The first kappa shape index (κ1) is 23.1. The van der Waals surface area contributed by atoms with Crippen molar-refractivity contribution in [1.29, 1.82) is 0 Å². The summed E-state index contributed by atoms with van der Waals surface area (Å²) in [6, 6.07) is -0.972. The standard InChI is InChI=1S/C17H18N8O5S3/c1-6-21-22-17(24(6)2)33-4-7-3-31-14-10(13(27)25(14)11(7)15(28)29)20-12(26)9(23-30)8-5-32-16(18)19-8/h5,10,14,30H,3-4H2,1-2H3,(H2,18,19)(H,20,26)(H,28,29)/t10?,14-/m1/s1. The summed E-state index contributed by atoms with van der Waals surface area (Å²) in [7, 11) is 1.81.